The van der Waals surface area contributed by atoms with E-state index in [4.69, 9.17) is 0 Å². The molecule has 0 aliphatic carbocycles. The summed E-state index contributed by atoms with van der Waals surface area (Å²) in [5.41, 5.74) is 1.28. The summed E-state index contributed by atoms with van der Waals surface area (Å²) >= 11 is 0. The zero-order valence-corrected chi connectivity index (χ0v) is 13.7. The van der Waals surface area contributed by atoms with Gasteiger partial charge in [-0.2, -0.15) is 0 Å². The summed E-state index contributed by atoms with van der Waals surface area (Å²) in [7, 11) is 0. The molecule has 2 rings (SSSR count). The Morgan fingerprint density at radius 1 is 1.04 bits per heavy atom. The molecular weight excluding hydrogens is 312 g/mol. The minimum atomic E-state index is -0.931. The highest BCUT2D eigenvalue weighted by Gasteiger charge is 2.20. The summed E-state index contributed by atoms with van der Waals surface area (Å²) in [6.45, 7) is 3.52. The van der Waals surface area contributed by atoms with Crippen LogP contribution in [0.1, 0.15) is 43.4 Å². The monoisotopic (exact) mass is 333 g/mol. The number of aliphatic hydroxyl groups is 1. The zero-order valence-electron chi connectivity index (χ0n) is 13.7. The van der Waals surface area contributed by atoms with Crippen LogP contribution in [-0.4, -0.2) is 17.1 Å². The highest BCUT2D eigenvalue weighted by molar-refractivity contribution is 5.77. The van der Waals surface area contributed by atoms with Gasteiger partial charge in [0.05, 0.1) is 12.1 Å². The summed E-state index contributed by atoms with van der Waals surface area (Å²) < 4.78 is 26.2. The second-order valence-corrected chi connectivity index (χ2v) is 6.01. The molecule has 0 spiro atoms. The van der Waals surface area contributed by atoms with Gasteiger partial charge in [0.2, 0.25) is 5.91 Å². The van der Waals surface area contributed by atoms with E-state index in [1.54, 1.807) is 19.1 Å². The number of carbonyl (C=O) groups excluding carboxylic acids is 1. The van der Waals surface area contributed by atoms with Crippen molar-refractivity contribution >= 4 is 5.91 Å². The van der Waals surface area contributed by atoms with E-state index in [-0.39, 0.29) is 29.9 Å². The quantitative estimate of drug-likeness (QED) is 0.847. The first-order valence-corrected chi connectivity index (χ1v) is 7.85. The SMILES string of the molecule is CC(CC(=O)NC(C)C(O)c1ccc(F)cc1)c1cccc(F)c1. The molecule has 2 aromatic carbocycles. The molecule has 24 heavy (non-hydrogen) atoms. The third-order valence-electron chi connectivity index (χ3n) is 3.98. The molecule has 0 saturated carbocycles. The number of hydrogen-bond acceptors (Lipinski definition) is 2. The van der Waals surface area contributed by atoms with Gasteiger partial charge in [-0.3, -0.25) is 4.79 Å². The van der Waals surface area contributed by atoms with Crippen LogP contribution in [0.2, 0.25) is 0 Å². The lowest BCUT2D eigenvalue weighted by atomic mass is 9.97. The first-order valence-electron chi connectivity index (χ1n) is 7.85. The molecule has 0 aliphatic rings. The van der Waals surface area contributed by atoms with Gasteiger partial charge in [0.1, 0.15) is 11.6 Å². The van der Waals surface area contributed by atoms with Crippen molar-refractivity contribution < 1.29 is 18.7 Å². The van der Waals surface area contributed by atoms with E-state index in [9.17, 15) is 18.7 Å². The number of carbonyl (C=O) groups is 1. The zero-order chi connectivity index (χ0) is 17.7. The van der Waals surface area contributed by atoms with E-state index in [1.165, 1.54) is 36.4 Å². The Balaban J connectivity index is 1.92. The maximum Gasteiger partial charge on any atom is 0.220 e. The van der Waals surface area contributed by atoms with E-state index < -0.39 is 12.1 Å². The fourth-order valence-electron chi connectivity index (χ4n) is 2.55. The van der Waals surface area contributed by atoms with Crippen molar-refractivity contribution in [1.82, 2.24) is 5.32 Å². The van der Waals surface area contributed by atoms with Crippen molar-refractivity contribution in [2.24, 2.45) is 0 Å². The van der Waals surface area contributed by atoms with Gasteiger partial charge >= 0.3 is 0 Å². The lowest BCUT2D eigenvalue weighted by Gasteiger charge is -2.21. The first-order chi connectivity index (χ1) is 11.4. The van der Waals surface area contributed by atoms with Gasteiger partial charge in [-0.15, -0.1) is 0 Å². The van der Waals surface area contributed by atoms with Gasteiger partial charge in [-0.25, -0.2) is 8.78 Å². The van der Waals surface area contributed by atoms with E-state index >= 15 is 0 Å². The molecule has 0 aromatic heterocycles. The van der Waals surface area contributed by atoms with Crippen LogP contribution in [0.4, 0.5) is 8.78 Å². The van der Waals surface area contributed by atoms with Crippen molar-refractivity contribution in [1.29, 1.82) is 0 Å². The molecule has 0 heterocycles. The molecule has 3 unspecified atom stereocenters. The topological polar surface area (TPSA) is 49.3 Å². The second kappa shape index (κ2) is 8.02. The Labute approximate surface area is 140 Å². The molecule has 0 fully saturated rings. The van der Waals surface area contributed by atoms with Crippen molar-refractivity contribution in [3.63, 3.8) is 0 Å². The van der Waals surface area contributed by atoms with Gasteiger partial charge < -0.3 is 10.4 Å². The number of nitrogens with one attached hydrogen (secondary N) is 1. The number of hydrogen-bond donors (Lipinski definition) is 2. The highest BCUT2D eigenvalue weighted by atomic mass is 19.1. The third kappa shape index (κ3) is 4.86. The molecule has 1 amide bonds. The van der Waals surface area contributed by atoms with Gasteiger partial charge in [0.15, 0.2) is 0 Å². The molecule has 0 bridgehead atoms. The lowest BCUT2D eigenvalue weighted by molar-refractivity contribution is -0.122. The Morgan fingerprint density at radius 3 is 2.33 bits per heavy atom. The summed E-state index contributed by atoms with van der Waals surface area (Å²) in [6.07, 6.45) is -0.747. The largest absolute Gasteiger partial charge is 0.386 e. The molecule has 2 N–H and O–H groups in total. The predicted octanol–water partition coefficient (Wildman–Crippen LogP) is 3.70. The van der Waals surface area contributed by atoms with Crippen LogP contribution < -0.4 is 5.32 Å². The molecular formula is C19H21F2NO2. The molecule has 0 aliphatic heterocycles. The molecule has 2 aromatic rings. The van der Waals surface area contributed by atoms with Gasteiger partial charge in [0, 0.05) is 6.42 Å². The van der Waals surface area contributed by atoms with Crippen LogP contribution in [0, 0.1) is 11.6 Å². The maximum atomic E-state index is 13.2. The van der Waals surface area contributed by atoms with E-state index in [0.29, 0.717) is 5.56 Å². The second-order valence-electron chi connectivity index (χ2n) is 6.01. The third-order valence-corrected chi connectivity index (χ3v) is 3.98. The summed E-state index contributed by atoms with van der Waals surface area (Å²) in [4.78, 5) is 12.1. The average Bonchev–Trinajstić information content (AvgIpc) is 2.54. The molecule has 0 radical (unpaired) electrons. The molecule has 0 saturated heterocycles. The first kappa shape index (κ1) is 18.1. The Bertz CT molecular complexity index is 688. The molecule has 3 atom stereocenters. The molecule has 128 valence electrons. The number of halogens is 2. The van der Waals surface area contributed by atoms with Crippen molar-refractivity contribution in [3.05, 3.63) is 71.3 Å². The highest BCUT2D eigenvalue weighted by Crippen LogP contribution is 2.21. The Morgan fingerprint density at radius 2 is 1.71 bits per heavy atom. The van der Waals surface area contributed by atoms with E-state index in [2.05, 4.69) is 5.32 Å². The fourth-order valence-corrected chi connectivity index (χ4v) is 2.55. The van der Waals surface area contributed by atoms with Gasteiger partial charge in [-0.1, -0.05) is 31.2 Å². The Kier molecular flexibility index (Phi) is 6.04. The van der Waals surface area contributed by atoms with Crippen molar-refractivity contribution in [2.45, 2.75) is 38.3 Å². The van der Waals surface area contributed by atoms with Crippen LogP contribution in [0.5, 0.6) is 0 Å². The smallest absolute Gasteiger partial charge is 0.220 e. The summed E-state index contributed by atoms with van der Waals surface area (Å²) in [6, 6.07) is 11.1. The molecule has 3 nitrogen and oxygen atoms in total. The van der Waals surface area contributed by atoms with Crippen LogP contribution in [0.15, 0.2) is 48.5 Å². The minimum Gasteiger partial charge on any atom is -0.386 e. The lowest BCUT2D eigenvalue weighted by Crippen LogP contribution is -2.37. The van der Waals surface area contributed by atoms with E-state index in [1.807, 2.05) is 6.92 Å². The Hall–Kier alpha value is -2.27. The molecule has 5 heteroatoms. The normalized spacial score (nSPS) is 14.7. The number of amides is 1. The number of rotatable bonds is 6. The number of benzene rings is 2. The number of aliphatic hydroxyl groups excluding tert-OH is 1. The van der Waals surface area contributed by atoms with Crippen LogP contribution >= 0.6 is 0 Å². The van der Waals surface area contributed by atoms with Crippen LogP contribution in [-0.2, 0) is 4.79 Å². The van der Waals surface area contributed by atoms with Crippen LogP contribution in [0.3, 0.4) is 0 Å². The van der Waals surface area contributed by atoms with E-state index in [0.717, 1.165) is 5.56 Å². The van der Waals surface area contributed by atoms with Gasteiger partial charge in [0.25, 0.3) is 0 Å². The maximum absolute atomic E-state index is 13.2. The average molecular weight is 333 g/mol. The van der Waals surface area contributed by atoms with Crippen LogP contribution in [0.25, 0.3) is 0 Å². The predicted molar refractivity (Wildman–Crippen MR) is 88.4 cm³/mol. The standard InChI is InChI=1S/C19H21F2NO2/c1-12(15-4-3-5-17(21)11-15)10-18(23)22-13(2)19(24)14-6-8-16(20)9-7-14/h3-9,11-13,19,24H,10H2,1-2H3,(H,22,23). The minimum absolute atomic E-state index is 0.143. The van der Waals surface area contributed by atoms with Gasteiger partial charge in [-0.05, 0) is 48.2 Å². The fraction of sp³-hybridized carbons (Fsp3) is 0.316. The summed E-state index contributed by atoms with van der Waals surface area (Å²) in [5.74, 6) is -1.09. The van der Waals surface area contributed by atoms with Crippen molar-refractivity contribution in [2.75, 3.05) is 0 Å². The van der Waals surface area contributed by atoms with Crippen molar-refractivity contribution in [3.8, 4) is 0 Å². The summed E-state index contributed by atoms with van der Waals surface area (Å²) in [5, 5.41) is 13.0.